The van der Waals surface area contributed by atoms with Gasteiger partial charge in [-0.1, -0.05) is 0 Å². The summed E-state index contributed by atoms with van der Waals surface area (Å²) in [5.74, 6) is -1.44. The van der Waals surface area contributed by atoms with Crippen molar-refractivity contribution in [3.05, 3.63) is 0 Å². The Hall–Kier alpha value is -1.63. The largest absolute Gasteiger partial charge is 0.481 e. The van der Waals surface area contributed by atoms with Gasteiger partial charge >= 0.3 is 5.97 Å². The van der Waals surface area contributed by atoms with Crippen molar-refractivity contribution in [2.24, 2.45) is 0 Å². The third-order valence-corrected chi connectivity index (χ3v) is 3.55. The molecule has 1 aliphatic rings. The topological polar surface area (TPSA) is 90.0 Å². The van der Waals surface area contributed by atoms with Crippen LogP contribution in [0.4, 0.5) is 0 Å². The summed E-state index contributed by atoms with van der Waals surface area (Å²) >= 11 is 0. The van der Waals surface area contributed by atoms with Crippen molar-refractivity contribution in [3.63, 3.8) is 0 Å². The number of carboxylic acid groups (broad SMARTS) is 1. The molecule has 1 heterocycles. The molecule has 7 nitrogen and oxygen atoms in total. The van der Waals surface area contributed by atoms with Crippen LogP contribution in [0, 0.1) is 0 Å². The molecule has 1 aliphatic heterocycles. The molecule has 1 rings (SSSR count). The van der Waals surface area contributed by atoms with E-state index in [1.165, 1.54) is 0 Å². The summed E-state index contributed by atoms with van der Waals surface area (Å²) in [6.07, 6.45) is -0.289. The zero-order chi connectivity index (χ0) is 16.2. The van der Waals surface area contributed by atoms with Gasteiger partial charge in [-0.2, -0.15) is 0 Å². The molecule has 2 N–H and O–H groups in total. The second-order valence-corrected chi connectivity index (χ2v) is 5.86. The first-order valence-electron chi connectivity index (χ1n) is 7.28. The van der Waals surface area contributed by atoms with E-state index in [4.69, 9.17) is 5.11 Å². The van der Waals surface area contributed by atoms with Gasteiger partial charge < -0.3 is 15.3 Å². The number of nitrogens with one attached hydrogen (secondary N) is 1. The van der Waals surface area contributed by atoms with Gasteiger partial charge in [-0.15, -0.1) is 0 Å². The fourth-order valence-electron chi connectivity index (χ4n) is 2.77. The Labute approximate surface area is 125 Å². The van der Waals surface area contributed by atoms with Crippen LogP contribution in [-0.2, 0) is 14.4 Å². The fraction of sp³-hybridized carbons (Fsp3) is 0.786. The van der Waals surface area contributed by atoms with Gasteiger partial charge in [-0.25, -0.2) is 0 Å². The van der Waals surface area contributed by atoms with Crippen LogP contribution >= 0.6 is 0 Å². The summed E-state index contributed by atoms with van der Waals surface area (Å²) in [4.78, 5) is 38.6. The Morgan fingerprint density at radius 2 is 1.90 bits per heavy atom. The molecule has 0 aromatic carbocycles. The van der Waals surface area contributed by atoms with Crippen LogP contribution in [0.25, 0.3) is 0 Å². The summed E-state index contributed by atoms with van der Waals surface area (Å²) in [6.45, 7) is 8.75. The third-order valence-electron chi connectivity index (χ3n) is 3.55. The number of carboxylic acids is 1. The van der Waals surface area contributed by atoms with Crippen molar-refractivity contribution < 1.29 is 19.5 Å². The molecular weight excluding hydrogens is 274 g/mol. The molecule has 1 atom stereocenters. The highest BCUT2D eigenvalue weighted by Gasteiger charge is 2.34. The zero-order valence-corrected chi connectivity index (χ0v) is 13.1. The molecule has 0 aromatic rings. The quantitative estimate of drug-likeness (QED) is 0.715. The lowest BCUT2D eigenvalue weighted by Gasteiger charge is -2.37. The monoisotopic (exact) mass is 299 g/mol. The lowest BCUT2D eigenvalue weighted by molar-refractivity contribution is -0.146. The molecule has 1 fully saturated rings. The second-order valence-electron chi connectivity index (χ2n) is 5.86. The molecule has 21 heavy (non-hydrogen) atoms. The van der Waals surface area contributed by atoms with E-state index in [0.29, 0.717) is 13.1 Å². The molecule has 0 radical (unpaired) electrons. The number of hydrogen-bond acceptors (Lipinski definition) is 4. The SMILES string of the molecule is CC(C)N(C(=O)CN1CCNC(=O)C1CC(=O)O)C(C)C. The molecule has 0 bridgehead atoms. The number of nitrogens with zero attached hydrogens (tertiary/aromatic N) is 2. The molecule has 1 saturated heterocycles. The number of hydrogen-bond donors (Lipinski definition) is 2. The highest BCUT2D eigenvalue weighted by molar-refractivity contribution is 5.88. The van der Waals surface area contributed by atoms with E-state index in [-0.39, 0.29) is 36.9 Å². The molecular formula is C14H25N3O4. The van der Waals surface area contributed by atoms with E-state index in [1.54, 1.807) is 9.80 Å². The summed E-state index contributed by atoms with van der Waals surface area (Å²) in [6, 6.07) is -0.649. The summed E-state index contributed by atoms with van der Waals surface area (Å²) in [7, 11) is 0. The first-order chi connectivity index (χ1) is 9.73. The maximum atomic E-state index is 12.4. The minimum absolute atomic E-state index is 0.0639. The first kappa shape index (κ1) is 17.4. The smallest absolute Gasteiger partial charge is 0.305 e. The molecule has 120 valence electrons. The van der Waals surface area contributed by atoms with Gasteiger partial charge in [0, 0.05) is 25.2 Å². The predicted molar refractivity (Wildman–Crippen MR) is 77.7 cm³/mol. The van der Waals surface area contributed by atoms with Gasteiger partial charge in [0.15, 0.2) is 0 Å². The van der Waals surface area contributed by atoms with Crippen LogP contribution < -0.4 is 5.32 Å². The molecule has 0 aromatic heterocycles. The van der Waals surface area contributed by atoms with Crippen LogP contribution in [0.1, 0.15) is 34.1 Å². The number of amides is 2. The molecule has 0 saturated carbocycles. The van der Waals surface area contributed by atoms with Crippen molar-refractivity contribution >= 4 is 17.8 Å². The van der Waals surface area contributed by atoms with Gasteiger partial charge in [0.1, 0.15) is 6.04 Å². The maximum absolute atomic E-state index is 12.4. The van der Waals surface area contributed by atoms with E-state index >= 15 is 0 Å². The molecule has 7 heteroatoms. The number of carbonyl (C=O) groups excluding carboxylic acids is 2. The van der Waals surface area contributed by atoms with Crippen LogP contribution in [0.3, 0.4) is 0 Å². The fourth-order valence-corrected chi connectivity index (χ4v) is 2.77. The van der Waals surface area contributed by atoms with Gasteiger partial charge in [-0.05, 0) is 27.7 Å². The number of rotatable bonds is 6. The highest BCUT2D eigenvalue weighted by Crippen LogP contribution is 2.12. The lowest BCUT2D eigenvalue weighted by Crippen LogP contribution is -2.59. The van der Waals surface area contributed by atoms with Crippen LogP contribution in [0.15, 0.2) is 0 Å². The molecule has 1 unspecified atom stereocenters. The normalized spacial score (nSPS) is 19.7. The highest BCUT2D eigenvalue weighted by atomic mass is 16.4. The van der Waals surface area contributed by atoms with Crippen LogP contribution in [-0.4, -0.2) is 70.4 Å². The summed E-state index contributed by atoms with van der Waals surface area (Å²) in [5.41, 5.74) is 0. The van der Waals surface area contributed by atoms with E-state index < -0.39 is 12.0 Å². The Morgan fingerprint density at radius 3 is 2.38 bits per heavy atom. The Kier molecular flexibility index (Phi) is 6.14. The molecule has 2 amide bonds. The van der Waals surface area contributed by atoms with Gasteiger partial charge in [-0.3, -0.25) is 19.3 Å². The Morgan fingerprint density at radius 1 is 1.33 bits per heavy atom. The van der Waals surface area contributed by atoms with Crippen molar-refractivity contribution in [2.75, 3.05) is 19.6 Å². The van der Waals surface area contributed by atoms with Crippen molar-refractivity contribution in [1.29, 1.82) is 0 Å². The van der Waals surface area contributed by atoms with E-state index in [1.807, 2.05) is 27.7 Å². The van der Waals surface area contributed by atoms with E-state index in [0.717, 1.165) is 0 Å². The zero-order valence-electron chi connectivity index (χ0n) is 13.1. The number of aliphatic carboxylic acids is 1. The lowest BCUT2D eigenvalue weighted by atomic mass is 10.1. The van der Waals surface area contributed by atoms with E-state index in [9.17, 15) is 14.4 Å². The average Bonchev–Trinajstić information content (AvgIpc) is 2.32. The van der Waals surface area contributed by atoms with Gasteiger partial charge in [0.25, 0.3) is 0 Å². The Balaban J connectivity index is 2.79. The second kappa shape index (κ2) is 7.40. The number of piperazine rings is 1. The summed E-state index contributed by atoms with van der Waals surface area (Å²) < 4.78 is 0. The van der Waals surface area contributed by atoms with Crippen molar-refractivity contribution in [1.82, 2.24) is 15.1 Å². The Bertz CT molecular complexity index is 401. The summed E-state index contributed by atoms with van der Waals surface area (Å²) in [5, 5.41) is 11.6. The van der Waals surface area contributed by atoms with Crippen LogP contribution in [0.2, 0.25) is 0 Å². The predicted octanol–water partition coefficient (Wildman–Crippen LogP) is -0.0931. The van der Waals surface area contributed by atoms with Gasteiger partial charge in [0.05, 0.1) is 13.0 Å². The van der Waals surface area contributed by atoms with Crippen molar-refractivity contribution in [3.8, 4) is 0 Å². The minimum atomic E-state index is -1.04. The molecule has 0 spiro atoms. The minimum Gasteiger partial charge on any atom is -0.481 e. The van der Waals surface area contributed by atoms with Crippen LogP contribution in [0.5, 0.6) is 0 Å². The van der Waals surface area contributed by atoms with Crippen molar-refractivity contribution in [2.45, 2.75) is 52.2 Å². The molecule has 0 aliphatic carbocycles. The number of carbonyl (C=O) groups is 3. The average molecular weight is 299 g/mol. The maximum Gasteiger partial charge on any atom is 0.305 e. The van der Waals surface area contributed by atoms with E-state index in [2.05, 4.69) is 5.32 Å². The standard InChI is InChI=1S/C14H25N3O4/c1-9(2)17(10(3)4)12(18)8-16-6-5-15-14(21)11(16)7-13(19)20/h9-11H,5-8H2,1-4H3,(H,15,21)(H,19,20). The first-order valence-corrected chi connectivity index (χ1v) is 7.28. The van der Waals surface area contributed by atoms with Gasteiger partial charge in [0.2, 0.25) is 11.8 Å². The third kappa shape index (κ3) is 4.70.